The molecule has 2 fully saturated rings. The summed E-state index contributed by atoms with van der Waals surface area (Å²) in [5.74, 6) is 0.137. The van der Waals surface area contributed by atoms with Gasteiger partial charge in [-0.2, -0.15) is 0 Å². The van der Waals surface area contributed by atoms with Gasteiger partial charge < -0.3 is 18.8 Å². The molecule has 2 aliphatic heterocycles. The molecule has 2 aliphatic rings. The number of benzene rings is 1. The highest BCUT2D eigenvalue weighted by atomic mass is 16.7. The summed E-state index contributed by atoms with van der Waals surface area (Å²) < 4.78 is 60.2. The second kappa shape index (κ2) is 4.76. The van der Waals surface area contributed by atoms with Crippen LogP contribution >= 0.6 is 0 Å². The topological polar surface area (TPSA) is 36.9 Å². The quantitative estimate of drug-likeness (QED) is 0.791. The van der Waals surface area contributed by atoms with E-state index in [2.05, 4.69) is 4.74 Å². The Balaban J connectivity index is 1.84. The molecule has 0 spiro atoms. The van der Waals surface area contributed by atoms with E-state index in [9.17, 15) is 0 Å². The van der Waals surface area contributed by atoms with E-state index in [1.165, 1.54) is 6.07 Å². The molecule has 0 unspecified atom stereocenters. The maximum Gasteiger partial charge on any atom is 0.494 e. The summed E-state index contributed by atoms with van der Waals surface area (Å²) >= 11 is 0. The molecule has 0 bridgehead atoms. The van der Waals surface area contributed by atoms with Crippen LogP contribution in [0.15, 0.2) is 24.3 Å². The standard InChI is InChI=1S/C15H21BO4/c1-14(2)15(3,4)20-16(19-14)11-6-5-7-12(8-11)18-13-9-17-10-13/h5-8,13H,9-10H2,1-4H3/i9D2,10D2,13D. The number of hydrogen-bond acceptors (Lipinski definition) is 4. The van der Waals surface area contributed by atoms with E-state index in [1.807, 2.05) is 27.7 Å². The highest BCUT2D eigenvalue weighted by molar-refractivity contribution is 6.62. The Kier molecular flexibility index (Phi) is 2.16. The van der Waals surface area contributed by atoms with Crippen molar-refractivity contribution in [3.63, 3.8) is 0 Å². The van der Waals surface area contributed by atoms with Crippen LogP contribution < -0.4 is 10.2 Å². The summed E-state index contributed by atoms with van der Waals surface area (Å²) in [6.07, 6.45) is -2.51. The lowest BCUT2D eigenvalue weighted by Crippen LogP contribution is -2.41. The lowest BCUT2D eigenvalue weighted by molar-refractivity contribution is -0.0796. The van der Waals surface area contributed by atoms with Gasteiger partial charge in [-0.1, -0.05) is 12.1 Å². The van der Waals surface area contributed by atoms with Crippen molar-refractivity contribution < 1.29 is 25.6 Å². The molecule has 0 aromatic heterocycles. The molecule has 0 N–H and O–H groups in total. The van der Waals surface area contributed by atoms with E-state index in [0.717, 1.165) is 0 Å². The van der Waals surface area contributed by atoms with E-state index >= 15 is 0 Å². The maximum atomic E-state index is 8.05. The summed E-state index contributed by atoms with van der Waals surface area (Å²) in [7, 11) is -0.638. The molecule has 108 valence electrons. The van der Waals surface area contributed by atoms with Crippen molar-refractivity contribution in [1.29, 1.82) is 0 Å². The van der Waals surface area contributed by atoms with Crippen molar-refractivity contribution in [3.8, 4) is 5.75 Å². The third-order valence-corrected chi connectivity index (χ3v) is 3.89. The Morgan fingerprint density at radius 2 is 1.90 bits per heavy atom. The molecule has 1 aromatic carbocycles. The summed E-state index contributed by atoms with van der Waals surface area (Å²) in [6.45, 7) is 2.61. The Hall–Kier alpha value is -1.04. The molecule has 3 rings (SSSR count). The first-order valence-electron chi connectivity index (χ1n) is 9.06. The van der Waals surface area contributed by atoms with E-state index in [-0.39, 0.29) is 5.75 Å². The van der Waals surface area contributed by atoms with E-state index < -0.39 is 37.5 Å². The molecule has 2 heterocycles. The van der Waals surface area contributed by atoms with Crippen molar-refractivity contribution >= 4 is 12.6 Å². The molecular weight excluding hydrogens is 255 g/mol. The van der Waals surface area contributed by atoms with Crippen molar-refractivity contribution in [1.82, 2.24) is 0 Å². The normalized spacial score (nSPS) is 34.8. The third-order valence-electron chi connectivity index (χ3n) is 3.89. The fourth-order valence-electron chi connectivity index (χ4n) is 1.96. The van der Waals surface area contributed by atoms with Gasteiger partial charge in [0.15, 0.2) is 0 Å². The minimum absolute atomic E-state index is 0.137. The van der Waals surface area contributed by atoms with Gasteiger partial charge in [-0.3, -0.25) is 0 Å². The number of ether oxygens (including phenoxy) is 2. The maximum absolute atomic E-state index is 8.05. The first kappa shape index (κ1) is 9.08. The van der Waals surface area contributed by atoms with E-state index in [0.29, 0.717) is 5.46 Å². The number of hydrogen-bond donors (Lipinski definition) is 0. The van der Waals surface area contributed by atoms with Gasteiger partial charge in [0.2, 0.25) is 0 Å². The third kappa shape index (κ3) is 2.46. The Morgan fingerprint density at radius 3 is 2.50 bits per heavy atom. The second-order valence-corrected chi connectivity index (χ2v) is 5.90. The molecule has 5 heteroatoms. The van der Waals surface area contributed by atoms with Gasteiger partial charge in [0.05, 0.1) is 31.2 Å². The fraction of sp³-hybridized carbons (Fsp3) is 0.600. The van der Waals surface area contributed by atoms with Crippen LogP contribution in [-0.4, -0.2) is 37.5 Å². The smallest absolute Gasteiger partial charge is 0.486 e. The van der Waals surface area contributed by atoms with Gasteiger partial charge in [-0.05, 0) is 45.3 Å². The SMILES string of the molecule is [2H]C1([2H])OC([2H])([2H])C1([2H])Oc1cccc(B2OC(C)(C)C(C)(C)O2)c1. The van der Waals surface area contributed by atoms with Gasteiger partial charge >= 0.3 is 7.12 Å². The minimum Gasteiger partial charge on any atom is -0.486 e. The van der Waals surface area contributed by atoms with Crippen LogP contribution in [0.5, 0.6) is 5.75 Å². The predicted molar refractivity (Wildman–Crippen MR) is 77.4 cm³/mol. The van der Waals surface area contributed by atoms with Gasteiger partial charge in [-0.15, -0.1) is 0 Å². The molecule has 0 aliphatic carbocycles. The van der Waals surface area contributed by atoms with Crippen LogP contribution in [0.1, 0.15) is 34.5 Å². The lowest BCUT2D eigenvalue weighted by Gasteiger charge is -2.32. The highest BCUT2D eigenvalue weighted by Crippen LogP contribution is 2.36. The largest absolute Gasteiger partial charge is 0.494 e. The fourth-order valence-corrected chi connectivity index (χ4v) is 1.96. The Labute approximate surface area is 127 Å². The van der Waals surface area contributed by atoms with Crippen molar-refractivity contribution in [3.05, 3.63) is 24.3 Å². The summed E-state index contributed by atoms with van der Waals surface area (Å²) in [5.41, 5.74) is -0.384. The van der Waals surface area contributed by atoms with Crippen molar-refractivity contribution in [2.24, 2.45) is 0 Å². The monoisotopic (exact) mass is 281 g/mol. The lowest BCUT2D eigenvalue weighted by atomic mass is 9.79. The van der Waals surface area contributed by atoms with E-state index in [1.54, 1.807) is 18.2 Å². The first-order chi connectivity index (χ1) is 11.2. The van der Waals surface area contributed by atoms with Crippen LogP contribution in [0, 0.1) is 0 Å². The van der Waals surface area contributed by atoms with Crippen molar-refractivity contribution in [2.75, 3.05) is 13.1 Å². The van der Waals surface area contributed by atoms with Crippen LogP contribution in [0.3, 0.4) is 0 Å². The average molecular weight is 281 g/mol. The van der Waals surface area contributed by atoms with Gasteiger partial charge in [0.1, 0.15) is 11.8 Å². The molecule has 0 saturated carbocycles. The Morgan fingerprint density at radius 1 is 1.25 bits per heavy atom. The zero-order chi connectivity index (χ0) is 18.9. The zero-order valence-corrected chi connectivity index (χ0v) is 12.0. The second-order valence-electron chi connectivity index (χ2n) is 5.90. The molecule has 2 saturated heterocycles. The average Bonchev–Trinajstić information content (AvgIpc) is 2.66. The zero-order valence-electron chi connectivity index (χ0n) is 17.0. The van der Waals surface area contributed by atoms with Crippen LogP contribution in [0.2, 0.25) is 0 Å². The summed E-state index contributed by atoms with van der Waals surface area (Å²) in [5, 5.41) is 0. The highest BCUT2D eigenvalue weighted by Gasteiger charge is 2.51. The van der Waals surface area contributed by atoms with Gasteiger partial charge in [-0.25, -0.2) is 0 Å². The van der Waals surface area contributed by atoms with Crippen LogP contribution in [0.4, 0.5) is 0 Å². The van der Waals surface area contributed by atoms with Crippen LogP contribution in [-0.2, 0) is 14.0 Å². The molecule has 0 radical (unpaired) electrons. The molecular formula is C15H21BO4. The Bertz CT molecular complexity index is 664. The van der Waals surface area contributed by atoms with Gasteiger partial charge in [0, 0.05) is 0 Å². The number of rotatable bonds is 3. The minimum atomic E-state index is -2.56. The summed E-state index contributed by atoms with van der Waals surface area (Å²) in [6, 6.07) is 6.51. The van der Waals surface area contributed by atoms with Crippen LogP contribution in [0.25, 0.3) is 0 Å². The van der Waals surface area contributed by atoms with E-state index in [4.69, 9.17) is 20.9 Å². The molecule has 0 amide bonds. The molecule has 1 aromatic rings. The van der Waals surface area contributed by atoms with Gasteiger partial charge in [0.25, 0.3) is 0 Å². The first-order valence-corrected chi connectivity index (χ1v) is 6.56. The molecule has 0 atom stereocenters. The molecule has 20 heavy (non-hydrogen) atoms. The predicted octanol–water partition coefficient (Wildman–Crippen LogP) is 1.76. The van der Waals surface area contributed by atoms with Crippen molar-refractivity contribution in [2.45, 2.75) is 45.0 Å². The summed E-state index contributed by atoms with van der Waals surface area (Å²) in [4.78, 5) is 0. The molecule has 4 nitrogen and oxygen atoms in total.